The lowest BCUT2D eigenvalue weighted by atomic mass is 10.2. The van der Waals surface area contributed by atoms with Crippen molar-refractivity contribution in [3.8, 4) is 0 Å². The smallest absolute Gasteiger partial charge is 0.407 e. The van der Waals surface area contributed by atoms with Crippen LogP contribution in [-0.4, -0.2) is 68.4 Å². The number of hydrogen-bond acceptors (Lipinski definition) is 4. The van der Waals surface area contributed by atoms with Crippen LogP contribution in [0.4, 0.5) is 4.79 Å². The lowest BCUT2D eigenvalue weighted by Gasteiger charge is -2.20. The van der Waals surface area contributed by atoms with Crippen molar-refractivity contribution in [2.75, 3.05) is 39.8 Å². The van der Waals surface area contributed by atoms with Gasteiger partial charge in [0.1, 0.15) is 5.60 Å². The quantitative estimate of drug-likeness (QED) is 0.317. The van der Waals surface area contributed by atoms with Gasteiger partial charge in [0.05, 0.1) is 0 Å². The van der Waals surface area contributed by atoms with E-state index in [2.05, 4.69) is 46.7 Å². The Labute approximate surface area is 154 Å². The van der Waals surface area contributed by atoms with Gasteiger partial charge in [0.2, 0.25) is 0 Å². The Hall–Kier alpha value is -1.50. The first kappa shape index (κ1) is 23.5. The molecule has 0 aliphatic carbocycles. The van der Waals surface area contributed by atoms with Crippen molar-refractivity contribution < 1.29 is 9.53 Å². The van der Waals surface area contributed by atoms with Gasteiger partial charge in [-0.05, 0) is 68.0 Å². The molecule has 0 aliphatic rings. The zero-order valence-electron chi connectivity index (χ0n) is 17.2. The molecule has 1 amide bonds. The highest BCUT2D eigenvalue weighted by atomic mass is 16.6. The van der Waals surface area contributed by atoms with Crippen LogP contribution in [0.25, 0.3) is 0 Å². The number of nitrogens with zero attached hydrogens (tertiary/aromatic N) is 2. The second-order valence-electron chi connectivity index (χ2n) is 7.40. The topological polar surface area (TPSA) is 78.0 Å². The van der Waals surface area contributed by atoms with E-state index in [0.29, 0.717) is 19.1 Å². The van der Waals surface area contributed by atoms with Crippen molar-refractivity contribution >= 4 is 12.1 Å². The van der Waals surface area contributed by atoms with E-state index in [-0.39, 0.29) is 0 Å². The van der Waals surface area contributed by atoms with Crippen molar-refractivity contribution in [2.24, 2.45) is 4.99 Å². The predicted octanol–water partition coefficient (Wildman–Crippen LogP) is 2.19. The predicted molar refractivity (Wildman–Crippen MR) is 105 cm³/mol. The number of hydrogen-bond donors (Lipinski definition) is 3. The Kier molecular flexibility index (Phi) is 12.0. The first-order valence-electron chi connectivity index (χ1n) is 9.35. The number of guanidine groups is 1. The summed E-state index contributed by atoms with van der Waals surface area (Å²) in [6.07, 6.45) is 1.80. The Morgan fingerprint density at radius 1 is 1.12 bits per heavy atom. The van der Waals surface area contributed by atoms with Crippen LogP contribution in [0.3, 0.4) is 0 Å². The molecule has 0 fully saturated rings. The van der Waals surface area contributed by atoms with Crippen LogP contribution < -0.4 is 16.0 Å². The SMILES string of the molecule is CCNC(=NCCCCN(C)C(C)C)NCCNC(=O)OC(C)(C)C. The van der Waals surface area contributed by atoms with Crippen molar-refractivity contribution in [1.29, 1.82) is 0 Å². The van der Waals surface area contributed by atoms with Crippen LogP contribution in [0.5, 0.6) is 0 Å². The Morgan fingerprint density at radius 2 is 1.76 bits per heavy atom. The summed E-state index contributed by atoms with van der Waals surface area (Å²) in [5.74, 6) is 0.783. The van der Waals surface area contributed by atoms with Gasteiger partial charge in [-0.2, -0.15) is 0 Å². The van der Waals surface area contributed by atoms with Gasteiger partial charge in [-0.1, -0.05) is 0 Å². The molecule has 0 aromatic rings. The first-order chi connectivity index (χ1) is 11.7. The summed E-state index contributed by atoms with van der Waals surface area (Å²) in [5.41, 5.74) is -0.475. The minimum Gasteiger partial charge on any atom is -0.444 e. The summed E-state index contributed by atoms with van der Waals surface area (Å²) in [6, 6.07) is 0.583. The summed E-state index contributed by atoms with van der Waals surface area (Å²) in [4.78, 5) is 18.5. The molecular formula is C18H39N5O2. The molecule has 0 heterocycles. The highest BCUT2D eigenvalue weighted by Crippen LogP contribution is 2.05. The van der Waals surface area contributed by atoms with Crippen molar-refractivity contribution in [3.63, 3.8) is 0 Å². The van der Waals surface area contributed by atoms with Crippen LogP contribution in [0.1, 0.15) is 54.4 Å². The largest absolute Gasteiger partial charge is 0.444 e. The molecule has 148 valence electrons. The Morgan fingerprint density at radius 3 is 2.32 bits per heavy atom. The minimum atomic E-state index is -0.475. The van der Waals surface area contributed by atoms with E-state index >= 15 is 0 Å². The van der Waals surface area contributed by atoms with Crippen LogP contribution in [0, 0.1) is 0 Å². The zero-order chi connectivity index (χ0) is 19.3. The molecule has 0 saturated carbocycles. The fourth-order valence-electron chi connectivity index (χ4n) is 1.92. The van der Waals surface area contributed by atoms with E-state index < -0.39 is 11.7 Å². The molecule has 0 aromatic carbocycles. The molecular weight excluding hydrogens is 318 g/mol. The van der Waals surface area contributed by atoms with Crippen LogP contribution >= 0.6 is 0 Å². The number of nitrogens with one attached hydrogen (secondary N) is 3. The van der Waals surface area contributed by atoms with E-state index in [1.165, 1.54) is 0 Å². The normalized spacial score (nSPS) is 12.4. The monoisotopic (exact) mass is 357 g/mol. The number of ether oxygens (including phenoxy) is 1. The molecule has 0 unspecified atom stereocenters. The van der Waals surface area contributed by atoms with E-state index in [1.807, 2.05) is 27.7 Å². The van der Waals surface area contributed by atoms with Crippen LogP contribution in [0.2, 0.25) is 0 Å². The van der Waals surface area contributed by atoms with Crippen LogP contribution in [0.15, 0.2) is 4.99 Å². The maximum absolute atomic E-state index is 11.6. The van der Waals surface area contributed by atoms with E-state index in [1.54, 1.807) is 0 Å². The highest BCUT2D eigenvalue weighted by Gasteiger charge is 2.15. The lowest BCUT2D eigenvalue weighted by molar-refractivity contribution is 0.0529. The molecule has 0 aromatic heterocycles. The summed E-state index contributed by atoms with van der Waals surface area (Å²) in [5, 5.41) is 9.15. The van der Waals surface area contributed by atoms with Gasteiger partial charge >= 0.3 is 6.09 Å². The van der Waals surface area contributed by atoms with Crippen molar-refractivity contribution in [3.05, 3.63) is 0 Å². The van der Waals surface area contributed by atoms with Crippen LogP contribution in [-0.2, 0) is 4.74 Å². The number of rotatable bonds is 10. The Bertz CT molecular complexity index is 391. The fourth-order valence-corrected chi connectivity index (χ4v) is 1.92. The molecule has 0 aliphatic heterocycles. The third kappa shape index (κ3) is 14.5. The second kappa shape index (κ2) is 12.8. The third-order valence-corrected chi connectivity index (χ3v) is 3.50. The molecule has 0 saturated heterocycles. The van der Waals surface area contributed by atoms with Gasteiger partial charge in [0.15, 0.2) is 5.96 Å². The number of amides is 1. The summed E-state index contributed by atoms with van der Waals surface area (Å²) >= 11 is 0. The lowest BCUT2D eigenvalue weighted by Crippen LogP contribution is -2.42. The average Bonchev–Trinajstić information content (AvgIpc) is 2.48. The molecule has 7 heteroatoms. The number of aliphatic imine (C=N–C) groups is 1. The third-order valence-electron chi connectivity index (χ3n) is 3.50. The minimum absolute atomic E-state index is 0.398. The van der Waals surface area contributed by atoms with Gasteiger partial charge in [-0.15, -0.1) is 0 Å². The number of carbonyl (C=O) groups is 1. The molecule has 0 spiro atoms. The standard InChI is InChI=1S/C18H39N5O2/c1-8-19-16(20-11-9-10-14-23(7)15(2)3)21-12-13-22-17(24)25-18(4,5)6/h15H,8-14H2,1-7H3,(H,22,24)(H2,19,20,21). The van der Waals surface area contributed by atoms with Crippen molar-refractivity contribution in [2.45, 2.75) is 66.0 Å². The zero-order valence-corrected chi connectivity index (χ0v) is 17.2. The first-order valence-corrected chi connectivity index (χ1v) is 9.35. The van der Waals surface area contributed by atoms with E-state index in [4.69, 9.17) is 4.74 Å². The number of carbonyl (C=O) groups excluding carboxylic acids is 1. The average molecular weight is 358 g/mol. The van der Waals surface area contributed by atoms with Gasteiger partial charge in [0, 0.05) is 32.2 Å². The van der Waals surface area contributed by atoms with Crippen molar-refractivity contribution in [1.82, 2.24) is 20.9 Å². The summed E-state index contributed by atoms with van der Waals surface area (Å²) in [6.45, 7) is 15.8. The molecule has 0 atom stereocenters. The van der Waals surface area contributed by atoms with E-state index in [9.17, 15) is 4.79 Å². The summed E-state index contributed by atoms with van der Waals surface area (Å²) < 4.78 is 5.19. The van der Waals surface area contributed by atoms with Gasteiger partial charge in [-0.3, -0.25) is 4.99 Å². The Balaban J connectivity index is 3.98. The molecule has 0 bridgehead atoms. The van der Waals surface area contributed by atoms with E-state index in [0.717, 1.165) is 38.4 Å². The molecule has 3 N–H and O–H groups in total. The maximum atomic E-state index is 11.6. The second-order valence-corrected chi connectivity index (χ2v) is 7.40. The molecule has 25 heavy (non-hydrogen) atoms. The molecule has 7 nitrogen and oxygen atoms in total. The number of unbranched alkanes of at least 4 members (excludes halogenated alkanes) is 1. The van der Waals surface area contributed by atoms with Gasteiger partial charge in [-0.25, -0.2) is 4.79 Å². The van der Waals surface area contributed by atoms with Gasteiger partial charge < -0.3 is 25.6 Å². The fraction of sp³-hybridized carbons (Fsp3) is 0.889. The molecule has 0 radical (unpaired) electrons. The molecule has 0 rings (SSSR count). The maximum Gasteiger partial charge on any atom is 0.407 e. The van der Waals surface area contributed by atoms with Gasteiger partial charge in [0.25, 0.3) is 0 Å². The highest BCUT2D eigenvalue weighted by molar-refractivity contribution is 5.79. The number of alkyl carbamates (subject to hydrolysis) is 1. The summed E-state index contributed by atoms with van der Waals surface area (Å²) in [7, 11) is 2.15.